The number of benzene rings is 2. The van der Waals surface area contributed by atoms with Crippen LogP contribution in [0.15, 0.2) is 62.6 Å². The number of nitrogens with one attached hydrogen (secondary N) is 2. The number of hydrogen-bond donors (Lipinski definition) is 2. The molecule has 0 saturated carbocycles. The minimum absolute atomic E-state index is 0.104. The van der Waals surface area contributed by atoms with E-state index in [1.807, 2.05) is 0 Å². The van der Waals surface area contributed by atoms with Gasteiger partial charge in [-0.05, 0) is 64.5 Å². The number of anilines is 2. The van der Waals surface area contributed by atoms with Crippen LogP contribution in [0.4, 0.5) is 20.2 Å². The number of halogens is 3. The molecule has 0 aliphatic heterocycles. The van der Waals surface area contributed by atoms with Crippen LogP contribution in [-0.2, 0) is 10.0 Å². The molecule has 0 saturated heterocycles. The summed E-state index contributed by atoms with van der Waals surface area (Å²) in [6.07, 6.45) is 0. The summed E-state index contributed by atoms with van der Waals surface area (Å²) >= 11 is 4.28. The van der Waals surface area contributed by atoms with E-state index < -0.39 is 27.6 Å². The van der Waals surface area contributed by atoms with Gasteiger partial charge in [0.05, 0.1) is 3.79 Å². The van der Waals surface area contributed by atoms with E-state index in [4.69, 9.17) is 0 Å². The molecular weight excluding hydrogens is 462 g/mol. The maximum Gasteiger partial charge on any atom is 0.271 e. The molecule has 3 rings (SSSR count). The van der Waals surface area contributed by atoms with Gasteiger partial charge in [0.1, 0.15) is 4.21 Å². The van der Waals surface area contributed by atoms with Crippen LogP contribution < -0.4 is 10.0 Å². The predicted molar refractivity (Wildman–Crippen MR) is 104 cm³/mol. The lowest BCUT2D eigenvalue weighted by Crippen LogP contribution is -2.13. The molecule has 27 heavy (non-hydrogen) atoms. The van der Waals surface area contributed by atoms with Crippen LogP contribution in [0.3, 0.4) is 0 Å². The molecular formula is C17H11BrF2N2O3S2. The summed E-state index contributed by atoms with van der Waals surface area (Å²) in [5.74, 6) is -2.63. The molecule has 10 heteroatoms. The van der Waals surface area contributed by atoms with E-state index >= 15 is 0 Å². The van der Waals surface area contributed by atoms with Crippen LogP contribution in [0, 0.1) is 11.6 Å². The zero-order chi connectivity index (χ0) is 19.6. The van der Waals surface area contributed by atoms with Gasteiger partial charge in [-0.15, -0.1) is 11.3 Å². The Kier molecular flexibility index (Phi) is 5.59. The van der Waals surface area contributed by atoms with Gasteiger partial charge in [-0.3, -0.25) is 9.52 Å². The molecule has 0 atom stereocenters. The first-order valence-electron chi connectivity index (χ1n) is 7.39. The Morgan fingerprint density at radius 2 is 1.59 bits per heavy atom. The molecule has 0 unspecified atom stereocenters. The average molecular weight is 473 g/mol. The van der Waals surface area contributed by atoms with Crippen molar-refractivity contribution in [2.45, 2.75) is 4.21 Å². The Morgan fingerprint density at radius 1 is 0.926 bits per heavy atom. The summed E-state index contributed by atoms with van der Waals surface area (Å²) in [7, 11) is -3.72. The highest BCUT2D eigenvalue weighted by atomic mass is 79.9. The fourth-order valence-electron chi connectivity index (χ4n) is 2.11. The lowest BCUT2D eigenvalue weighted by Gasteiger charge is -2.08. The van der Waals surface area contributed by atoms with Gasteiger partial charge >= 0.3 is 0 Å². The Bertz CT molecular complexity index is 1100. The lowest BCUT2D eigenvalue weighted by molar-refractivity contribution is 0.102. The van der Waals surface area contributed by atoms with Gasteiger partial charge in [0.15, 0.2) is 11.6 Å². The van der Waals surface area contributed by atoms with E-state index in [2.05, 4.69) is 26.0 Å². The highest BCUT2D eigenvalue weighted by Gasteiger charge is 2.17. The van der Waals surface area contributed by atoms with Crippen molar-refractivity contribution in [1.82, 2.24) is 0 Å². The SMILES string of the molecule is O=C(Nc1ccc(F)c(F)c1)c1ccc(NS(=O)(=O)c2ccc(Br)s2)cc1. The molecule has 1 aromatic heterocycles. The summed E-state index contributed by atoms with van der Waals surface area (Å²) in [5.41, 5.74) is 0.609. The first-order valence-corrected chi connectivity index (χ1v) is 10.5. The van der Waals surface area contributed by atoms with E-state index in [0.29, 0.717) is 3.79 Å². The number of rotatable bonds is 5. The Balaban J connectivity index is 1.71. The second-order valence-electron chi connectivity index (χ2n) is 5.32. The number of sulfonamides is 1. The van der Waals surface area contributed by atoms with E-state index in [9.17, 15) is 22.0 Å². The fraction of sp³-hybridized carbons (Fsp3) is 0. The minimum Gasteiger partial charge on any atom is -0.322 e. The van der Waals surface area contributed by atoms with E-state index in [1.54, 1.807) is 6.07 Å². The Labute approximate surface area is 166 Å². The molecule has 0 spiro atoms. The van der Waals surface area contributed by atoms with Crippen molar-refractivity contribution in [1.29, 1.82) is 0 Å². The summed E-state index contributed by atoms with van der Waals surface area (Å²) in [6.45, 7) is 0. The second-order valence-corrected chi connectivity index (χ2v) is 9.70. The minimum atomic E-state index is -3.72. The molecule has 1 heterocycles. The van der Waals surface area contributed by atoms with Crippen LogP contribution in [0.5, 0.6) is 0 Å². The van der Waals surface area contributed by atoms with Gasteiger partial charge in [-0.25, -0.2) is 17.2 Å². The van der Waals surface area contributed by atoms with E-state index in [1.165, 1.54) is 36.4 Å². The van der Waals surface area contributed by atoms with Gasteiger partial charge in [0.25, 0.3) is 15.9 Å². The molecule has 5 nitrogen and oxygen atoms in total. The molecule has 0 radical (unpaired) electrons. The topological polar surface area (TPSA) is 75.3 Å². The summed E-state index contributed by atoms with van der Waals surface area (Å²) in [6, 6.07) is 11.8. The zero-order valence-electron chi connectivity index (χ0n) is 13.4. The van der Waals surface area contributed by atoms with Crippen molar-refractivity contribution < 1.29 is 22.0 Å². The van der Waals surface area contributed by atoms with Crippen molar-refractivity contribution in [3.8, 4) is 0 Å². The van der Waals surface area contributed by atoms with Gasteiger partial charge in [0, 0.05) is 23.0 Å². The number of thiophene rings is 1. The Hall–Kier alpha value is -2.30. The van der Waals surface area contributed by atoms with Crippen LogP contribution in [0.25, 0.3) is 0 Å². The normalized spacial score (nSPS) is 11.2. The van der Waals surface area contributed by atoms with Crippen molar-refractivity contribution in [2.75, 3.05) is 10.0 Å². The fourth-order valence-corrected chi connectivity index (χ4v) is 5.18. The number of amides is 1. The summed E-state index contributed by atoms with van der Waals surface area (Å²) in [5, 5.41) is 2.43. The van der Waals surface area contributed by atoms with Gasteiger partial charge < -0.3 is 5.32 Å². The smallest absolute Gasteiger partial charge is 0.271 e. The highest BCUT2D eigenvalue weighted by molar-refractivity contribution is 9.11. The van der Waals surface area contributed by atoms with Crippen molar-refractivity contribution >= 4 is 54.6 Å². The number of hydrogen-bond acceptors (Lipinski definition) is 4. The molecule has 0 fully saturated rings. The molecule has 0 aliphatic carbocycles. The standard InChI is InChI=1S/C17H11BrF2N2O3S2/c18-15-7-8-16(26-15)27(24,25)22-11-3-1-10(2-4-11)17(23)21-12-5-6-13(19)14(20)9-12/h1-9,22H,(H,21,23). The van der Waals surface area contributed by atoms with Gasteiger partial charge in [-0.2, -0.15) is 0 Å². The van der Waals surface area contributed by atoms with Gasteiger partial charge in [-0.1, -0.05) is 0 Å². The molecule has 140 valence electrons. The largest absolute Gasteiger partial charge is 0.322 e. The molecule has 0 bridgehead atoms. The Morgan fingerprint density at radius 3 is 2.19 bits per heavy atom. The number of carbonyl (C=O) groups excluding carboxylic acids is 1. The molecule has 3 aromatic rings. The van der Waals surface area contributed by atoms with E-state index in [0.717, 1.165) is 23.5 Å². The maximum absolute atomic E-state index is 13.2. The van der Waals surface area contributed by atoms with Crippen LogP contribution in [0.1, 0.15) is 10.4 Å². The van der Waals surface area contributed by atoms with Crippen molar-refractivity contribution in [2.24, 2.45) is 0 Å². The summed E-state index contributed by atoms with van der Waals surface area (Å²) < 4.78 is 53.9. The first-order chi connectivity index (χ1) is 12.7. The van der Waals surface area contributed by atoms with Crippen LogP contribution in [-0.4, -0.2) is 14.3 Å². The summed E-state index contributed by atoms with van der Waals surface area (Å²) in [4.78, 5) is 12.2. The predicted octanol–water partition coefficient (Wildman–Crippen LogP) is 4.84. The van der Waals surface area contributed by atoms with Crippen molar-refractivity contribution in [3.63, 3.8) is 0 Å². The molecule has 1 amide bonds. The van der Waals surface area contributed by atoms with Gasteiger partial charge in [0.2, 0.25) is 0 Å². The molecule has 2 aromatic carbocycles. The first kappa shape index (κ1) is 19.5. The quantitative estimate of drug-likeness (QED) is 0.557. The maximum atomic E-state index is 13.2. The van der Waals surface area contributed by atoms with E-state index in [-0.39, 0.29) is 21.1 Å². The van der Waals surface area contributed by atoms with Crippen molar-refractivity contribution in [3.05, 3.63) is 75.6 Å². The second kappa shape index (κ2) is 7.75. The van der Waals surface area contributed by atoms with Crippen LogP contribution >= 0.6 is 27.3 Å². The number of carbonyl (C=O) groups is 1. The average Bonchev–Trinajstić information content (AvgIpc) is 3.06. The third-order valence-electron chi connectivity index (χ3n) is 3.39. The highest BCUT2D eigenvalue weighted by Crippen LogP contribution is 2.27. The third-order valence-corrected chi connectivity index (χ3v) is 6.89. The molecule has 2 N–H and O–H groups in total. The third kappa shape index (κ3) is 4.71. The lowest BCUT2D eigenvalue weighted by atomic mass is 10.2. The zero-order valence-corrected chi connectivity index (χ0v) is 16.6. The molecule has 0 aliphatic rings. The van der Waals surface area contributed by atoms with Crippen LogP contribution in [0.2, 0.25) is 0 Å². The monoisotopic (exact) mass is 472 g/mol.